The summed E-state index contributed by atoms with van der Waals surface area (Å²) in [5.74, 6) is 0. The maximum atomic E-state index is 14.1. The molecule has 5 aromatic carbocycles. The van der Waals surface area contributed by atoms with E-state index in [-0.39, 0.29) is 0 Å². The van der Waals surface area contributed by atoms with Gasteiger partial charge in [0.05, 0.1) is 6.57 Å². The fourth-order valence-electron chi connectivity index (χ4n) is 5.13. The third-order valence-corrected chi connectivity index (χ3v) is 9.28. The highest BCUT2D eigenvalue weighted by Gasteiger charge is 2.36. The van der Waals surface area contributed by atoms with Crippen LogP contribution in [0.1, 0.15) is 0 Å². The molecule has 1 aliphatic heterocycles. The van der Waals surface area contributed by atoms with Gasteiger partial charge in [-0.15, -0.1) is 0 Å². The zero-order valence-electron chi connectivity index (χ0n) is 18.1. The van der Waals surface area contributed by atoms with Crippen LogP contribution in [0.3, 0.4) is 0 Å². The molecule has 0 radical (unpaired) electrons. The van der Waals surface area contributed by atoms with E-state index in [2.05, 4.69) is 65.5 Å². The quantitative estimate of drug-likeness (QED) is 0.204. The molecule has 0 spiro atoms. The van der Waals surface area contributed by atoms with Gasteiger partial charge >= 0.3 is 0 Å². The SMILES string of the molecule is [C-]#[N+]c1ccc(-c2ccc(-c3cccc4c3P(C)(=O)c3ccccc3-4)c3ccccc23)cc1. The molecular weight excluding hydrogens is 421 g/mol. The van der Waals surface area contributed by atoms with Crippen LogP contribution in [0.2, 0.25) is 0 Å². The summed E-state index contributed by atoms with van der Waals surface area (Å²) in [6.07, 6.45) is 0. The van der Waals surface area contributed by atoms with E-state index in [1.54, 1.807) is 0 Å². The van der Waals surface area contributed by atoms with Crippen molar-refractivity contribution in [2.24, 2.45) is 0 Å². The first-order valence-corrected chi connectivity index (χ1v) is 13.1. The maximum Gasteiger partial charge on any atom is 0.187 e. The predicted octanol–water partition coefficient (Wildman–Crippen LogP) is 7.65. The van der Waals surface area contributed by atoms with E-state index in [0.717, 1.165) is 54.8 Å². The molecule has 0 bridgehead atoms. The van der Waals surface area contributed by atoms with Crippen molar-refractivity contribution < 1.29 is 4.57 Å². The lowest BCUT2D eigenvalue weighted by Crippen LogP contribution is -2.11. The number of hydrogen-bond acceptors (Lipinski definition) is 1. The van der Waals surface area contributed by atoms with E-state index in [4.69, 9.17) is 6.57 Å². The van der Waals surface area contributed by atoms with Gasteiger partial charge in [-0.3, -0.25) is 0 Å². The number of fused-ring (bicyclic) bond motifs is 4. The molecule has 5 aromatic rings. The predicted molar refractivity (Wildman–Crippen MR) is 139 cm³/mol. The van der Waals surface area contributed by atoms with Gasteiger partial charge in [-0.25, -0.2) is 4.85 Å². The molecule has 0 aliphatic carbocycles. The Morgan fingerprint density at radius 3 is 1.91 bits per heavy atom. The van der Waals surface area contributed by atoms with Gasteiger partial charge < -0.3 is 4.57 Å². The number of benzene rings is 5. The van der Waals surface area contributed by atoms with E-state index in [0.29, 0.717) is 5.69 Å². The number of hydrogen-bond donors (Lipinski definition) is 0. The van der Waals surface area contributed by atoms with E-state index < -0.39 is 7.14 Å². The first kappa shape index (κ1) is 19.7. The Bertz CT molecular complexity index is 1660. The Kier molecular flexibility index (Phi) is 4.37. The second kappa shape index (κ2) is 7.31. The minimum Gasteiger partial charge on any atom is -0.314 e. The Labute approximate surface area is 193 Å². The second-order valence-electron chi connectivity index (χ2n) is 8.51. The van der Waals surface area contributed by atoms with Crippen LogP contribution in [-0.2, 0) is 4.57 Å². The zero-order chi connectivity index (χ0) is 22.6. The molecule has 1 atom stereocenters. The first-order chi connectivity index (χ1) is 16.1. The van der Waals surface area contributed by atoms with Gasteiger partial charge in [-0.2, -0.15) is 0 Å². The first-order valence-electron chi connectivity index (χ1n) is 10.9. The molecular formula is C30H20NOP. The van der Waals surface area contributed by atoms with Gasteiger partial charge in [-0.1, -0.05) is 103 Å². The summed E-state index contributed by atoms with van der Waals surface area (Å²) < 4.78 is 14.1. The van der Waals surface area contributed by atoms with Gasteiger partial charge in [0.15, 0.2) is 5.69 Å². The van der Waals surface area contributed by atoms with Crippen LogP contribution < -0.4 is 10.6 Å². The lowest BCUT2D eigenvalue weighted by molar-refractivity contribution is 0.591. The molecule has 0 saturated carbocycles. The highest BCUT2D eigenvalue weighted by Crippen LogP contribution is 2.53. The largest absolute Gasteiger partial charge is 0.314 e. The normalized spacial score (nSPS) is 16.2. The van der Waals surface area contributed by atoms with E-state index >= 15 is 0 Å². The van der Waals surface area contributed by atoms with Crippen LogP contribution in [0.25, 0.3) is 49.0 Å². The molecule has 6 rings (SSSR count). The Morgan fingerprint density at radius 1 is 0.606 bits per heavy atom. The van der Waals surface area contributed by atoms with Gasteiger partial charge in [0.25, 0.3) is 0 Å². The van der Waals surface area contributed by atoms with Crippen LogP contribution in [0.15, 0.2) is 103 Å². The lowest BCUT2D eigenvalue weighted by atomic mass is 9.91. The lowest BCUT2D eigenvalue weighted by Gasteiger charge is -2.17. The molecule has 156 valence electrons. The van der Waals surface area contributed by atoms with E-state index in [9.17, 15) is 4.57 Å². The highest BCUT2D eigenvalue weighted by molar-refractivity contribution is 7.79. The van der Waals surface area contributed by atoms with Crippen molar-refractivity contribution in [2.75, 3.05) is 6.66 Å². The maximum absolute atomic E-state index is 14.1. The zero-order valence-corrected chi connectivity index (χ0v) is 19.0. The van der Waals surface area contributed by atoms with Gasteiger partial charge in [0, 0.05) is 10.6 Å². The molecule has 0 aromatic heterocycles. The number of rotatable bonds is 2. The fourth-order valence-corrected chi connectivity index (χ4v) is 7.71. The molecule has 0 fully saturated rings. The summed E-state index contributed by atoms with van der Waals surface area (Å²) >= 11 is 0. The van der Waals surface area contributed by atoms with Crippen molar-refractivity contribution in [2.45, 2.75) is 0 Å². The minimum atomic E-state index is -2.71. The molecule has 2 nitrogen and oxygen atoms in total. The van der Waals surface area contributed by atoms with Gasteiger partial charge in [0.1, 0.15) is 7.14 Å². The molecule has 1 unspecified atom stereocenters. The van der Waals surface area contributed by atoms with Crippen molar-refractivity contribution >= 4 is 34.2 Å². The summed E-state index contributed by atoms with van der Waals surface area (Å²) in [4.78, 5) is 3.51. The van der Waals surface area contributed by atoms with Crippen LogP contribution in [0.4, 0.5) is 5.69 Å². The van der Waals surface area contributed by atoms with Crippen molar-refractivity contribution in [1.29, 1.82) is 0 Å². The standard InChI is InChI=1S/C30H20NOP/c1-31-21-16-14-20(15-17-21)22-18-19-25(24-9-4-3-8-23(22)24)27-11-7-12-28-26-10-5-6-13-29(26)33(2,32)30(27)28/h3-19H,2H3. The summed E-state index contributed by atoms with van der Waals surface area (Å²) in [7, 11) is -2.71. The molecule has 0 N–H and O–H groups in total. The third kappa shape index (κ3) is 2.91. The Hall–Kier alpha value is -3.92. The summed E-state index contributed by atoms with van der Waals surface area (Å²) in [5, 5.41) is 4.19. The third-order valence-electron chi connectivity index (χ3n) is 6.64. The second-order valence-corrected chi connectivity index (χ2v) is 11.3. The molecule has 1 heterocycles. The average molecular weight is 441 g/mol. The monoisotopic (exact) mass is 441 g/mol. The summed E-state index contributed by atoms with van der Waals surface area (Å²) in [6, 6.07) is 34.8. The van der Waals surface area contributed by atoms with Crippen LogP contribution in [-0.4, -0.2) is 6.66 Å². The average Bonchev–Trinajstić information content (AvgIpc) is 3.11. The van der Waals surface area contributed by atoms with Crippen LogP contribution in [0, 0.1) is 6.57 Å². The molecule has 3 heteroatoms. The molecule has 0 saturated heterocycles. The highest BCUT2D eigenvalue weighted by atomic mass is 31.2. The van der Waals surface area contributed by atoms with Crippen molar-refractivity contribution in [3.05, 3.63) is 115 Å². The van der Waals surface area contributed by atoms with Crippen molar-refractivity contribution in [1.82, 2.24) is 0 Å². The van der Waals surface area contributed by atoms with E-state index in [1.165, 1.54) is 0 Å². The van der Waals surface area contributed by atoms with Crippen molar-refractivity contribution in [3.63, 3.8) is 0 Å². The fraction of sp³-hybridized carbons (Fsp3) is 0.0333. The van der Waals surface area contributed by atoms with E-state index in [1.807, 2.05) is 49.1 Å². The Balaban J connectivity index is 1.61. The van der Waals surface area contributed by atoms with Crippen LogP contribution >= 0.6 is 7.14 Å². The van der Waals surface area contributed by atoms with Gasteiger partial charge in [0.2, 0.25) is 0 Å². The molecule has 1 aliphatic rings. The molecule has 0 amide bonds. The summed E-state index contributed by atoms with van der Waals surface area (Å²) in [6.45, 7) is 9.12. The van der Waals surface area contributed by atoms with Crippen LogP contribution in [0.5, 0.6) is 0 Å². The van der Waals surface area contributed by atoms with Gasteiger partial charge in [-0.05, 0) is 50.8 Å². The Morgan fingerprint density at radius 2 is 1.18 bits per heavy atom. The van der Waals surface area contributed by atoms with Crippen molar-refractivity contribution in [3.8, 4) is 33.4 Å². The summed E-state index contributed by atoms with van der Waals surface area (Å²) in [5.41, 5.74) is 7.15. The number of nitrogens with zero attached hydrogens (tertiary/aromatic N) is 1. The molecule has 33 heavy (non-hydrogen) atoms. The topological polar surface area (TPSA) is 21.4 Å². The minimum absolute atomic E-state index is 0.637. The smallest absolute Gasteiger partial charge is 0.187 e.